The van der Waals surface area contributed by atoms with E-state index in [0.717, 1.165) is 16.5 Å². The Balaban J connectivity index is 2.44. The molecule has 8 heteroatoms. The van der Waals surface area contributed by atoms with Gasteiger partial charge < -0.3 is 25.2 Å². The Morgan fingerprint density at radius 3 is 2.21 bits per heavy atom. The van der Waals surface area contributed by atoms with E-state index in [1.54, 1.807) is 25.1 Å². The number of rotatable bonds is 11. The molecule has 0 aliphatic rings. The van der Waals surface area contributed by atoms with Crippen molar-refractivity contribution >= 4 is 28.7 Å². The van der Waals surface area contributed by atoms with Gasteiger partial charge in [-0.2, -0.15) is 0 Å². The van der Waals surface area contributed by atoms with Gasteiger partial charge in [0.1, 0.15) is 6.04 Å². The molecule has 1 aromatic heterocycles. The SMILES string of the molecule is CN[C@H](C(=O)N[C@@H](CC(C)(C)C)C(=O)N(C)[C@H](C=C(C)C(=O)O)C(C)C)C(C)(C)c1cn(C)c2ccccc12. The number of fused-ring (bicyclic) bond motifs is 1. The number of nitrogens with zero attached hydrogens (tertiary/aromatic N) is 2. The van der Waals surface area contributed by atoms with Gasteiger partial charge in [-0.3, -0.25) is 9.59 Å². The summed E-state index contributed by atoms with van der Waals surface area (Å²) in [7, 11) is 5.43. The number of hydrogen-bond donors (Lipinski definition) is 3. The minimum Gasteiger partial charge on any atom is -0.478 e. The fourth-order valence-corrected chi connectivity index (χ4v) is 5.37. The first kappa shape index (κ1) is 32.1. The number of para-hydroxylation sites is 1. The third kappa shape index (κ3) is 7.50. The van der Waals surface area contributed by atoms with Gasteiger partial charge in [0.05, 0.1) is 12.1 Å². The quantitative estimate of drug-likeness (QED) is 0.365. The van der Waals surface area contributed by atoms with Crippen molar-refractivity contribution in [1.82, 2.24) is 20.1 Å². The second-order valence-corrected chi connectivity index (χ2v) is 12.8. The highest BCUT2D eigenvalue weighted by Gasteiger charge is 2.40. The molecule has 0 aliphatic heterocycles. The molecular weight excluding hydrogens is 492 g/mol. The lowest BCUT2D eigenvalue weighted by Gasteiger charge is -2.37. The lowest BCUT2D eigenvalue weighted by molar-refractivity contribution is -0.138. The number of carboxylic acid groups (broad SMARTS) is 1. The average Bonchev–Trinajstić information content (AvgIpc) is 3.17. The highest BCUT2D eigenvalue weighted by atomic mass is 16.4. The summed E-state index contributed by atoms with van der Waals surface area (Å²) in [6.07, 6.45) is 4.11. The number of carbonyl (C=O) groups is 3. The number of likely N-dealkylation sites (N-methyl/N-ethyl adjacent to an activating group) is 2. The molecule has 0 unspecified atom stereocenters. The van der Waals surface area contributed by atoms with Crippen LogP contribution in [0.3, 0.4) is 0 Å². The first-order valence-electron chi connectivity index (χ1n) is 13.6. The number of carbonyl (C=O) groups excluding carboxylic acids is 2. The molecule has 1 aromatic carbocycles. The Labute approximate surface area is 233 Å². The summed E-state index contributed by atoms with van der Waals surface area (Å²) in [6, 6.07) is 6.30. The van der Waals surface area contributed by atoms with Gasteiger partial charge in [0.2, 0.25) is 11.8 Å². The zero-order valence-electron chi connectivity index (χ0n) is 25.5. The van der Waals surface area contributed by atoms with Crippen molar-refractivity contribution < 1.29 is 19.5 Å². The molecule has 3 atom stereocenters. The van der Waals surface area contributed by atoms with Gasteiger partial charge in [0.15, 0.2) is 0 Å². The van der Waals surface area contributed by atoms with Crippen LogP contribution in [0.2, 0.25) is 0 Å². The maximum Gasteiger partial charge on any atom is 0.331 e. The first-order valence-corrected chi connectivity index (χ1v) is 13.6. The van der Waals surface area contributed by atoms with Crippen molar-refractivity contribution in [2.24, 2.45) is 18.4 Å². The van der Waals surface area contributed by atoms with E-state index in [-0.39, 0.29) is 28.7 Å². The van der Waals surface area contributed by atoms with E-state index in [0.29, 0.717) is 6.42 Å². The maximum absolute atomic E-state index is 13.9. The van der Waals surface area contributed by atoms with Crippen molar-refractivity contribution in [3.63, 3.8) is 0 Å². The van der Waals surface area contributed by atoms with Gasteiger partial charge in [-0.25, -0.2) is 4.79 Å². The maximum atomic E-state index is 13.9. The van der Waals surface area contributed by atoms with E-state index in [1.165, 1.54) is 6.92 Å². The molecule has 8 nitrogen and oxygen atoms in total. The summed E-state index contributed by atoms with van der Waals surface area (Å²) in [6.45, 7) is 15.6. The molecule has 2 aromatic rings. The van der Waals surface area contributed by atoms with Crippen LogP contribution in [0.25, 0.3) is 10.9 Å². The zero-order valence-corrected chi connectivity index (χ0v) is 25.5. The van der Waals surface area contributed by atoms with E-state index < -0.39 is 29.5 Å². The third-order valence-electron chi connectivity index (χ3n) is 7.53. The summed E-state index contributed by atoms with van der Waals surface area (Å²) in [5.41, 5.74) is 1.47. The monoisotopic (exact) mass is 540 g/mol. The number of amides is 2. The van der Waals surface area contributed by atoms with Gasteiger partial charge in [0.25, 0.3) is 0 Å². The van der Waals surface area contributed by atoms with Crippen LogP contribution in [0.5, 0.6) is 0 Å². The zero-order chi connectivity index (χ0) is 29.9. The van der Waals surface area contributed by atoms with Crippen molar-refractivity contribution in [2.75, 3.05) is 14.1 Å². The van der Waals surface area contributed by atoms with Crippen LogP contribution in [-0.4, -0.2) is 64.6 Å². The summed E-state index contributed by atoms with van der Waals surface area (Å²) < 4.78 is 2.07. The standard InChI is InChI=1S/C31H48N4O4/c1-19(2)25(16-20(3)29(38)39)35(11)28(37)23(17-30(4,5)6)33-27(36)26(32-9)31(7,8)22-18-34(10)24-15-13-12-14-21(22)24/h12-16,18-19,23,25-26,32H,17H2,1-11H3,(H,33,36)(H,38,39)/t23-,25+,26+/m0/s1. The van der Waals surface area contributed by atoms with Gasteiger partial charge in [-0.1, -0.05) is 72.7 Å². The second-order valence-electron chi connectivity index (χ2n) is 12.8. The van der Waals surface area contributed by atoms with Crippen LogP contribution in [-0.2, 0) is 26.8 Å². The topological polar surface area (TPSA) is 104 Å². The predicted octanol–water partition coefficient (Wildman–Crippen LogP) is 4.48. The normalized spacial score (nSPS) is 15.2. The lowest BCUT2D eigenvalue weighted by atomic mass is 9.77. The molecule has 0 saturated heterocycles. The van der Waals surface area contributed by atoms with Crippen LogP contribution in [0, 0.1) is 11.3 Å². The molecule has 0 radical (unpaired) electrons. The molecule has 2 amide bonds. The highest BCUT2D eigenvalue weighted by Crippen LogP contribution is 2.34. The van der Waals surface area contributed by atoms with Crippen LogP contribution < -0.4 is 10.6 Å². The number of aliphatic carboxylic acids is 1. The average molecular weight is 541 g/mol. The number of nitrogens with one attached hydrogen (secondary N) is 2. The Bertz CT molecular complexity index is 1220. The molecule has 0 aliphatic carbocycles. The van der Waals surface area contributed by atoms with Crippen molar-refractivity contribution in [1.29, 1.82) is 0 Å². The van der Waals surface area contributed by atoms with Gasteiger partial charge in [-0.15, -0.1) is 0 Å². The van der Waals surface area contributed by atoms with Crippen LogP contribution >= 0.6 is 0 Å². The van der Waals surface area contributed by atoms with E-state index >= 15 is 0 Å². The van der Waals surface area contributed by atoms with Gasteiger partial charge >= 0.3 is 5.97 Å². The van der Waals surface area contributed by atoms with Crippen LogP contribution in [0.4, 0.5) is 0 Å². The fourth-order valence-electron chi connectivity index (χ4n) is 5.37. The van der Waals surface area contributed by atoms with Crippen molar-refractivity contribution in [3.05, 3.63) is 47.7 Å². The van der Waals surface area contributed by atoms with Crippen LogP contribution in [0.1, 0.15) is 67.4 Å². The molecule has 216 valence electrons. The minimum atomic E-state index is -1.02. The summed E-state index contributed by atoms with van der Waals surface area (Å²) >= 11 is 0. The number of benzene rings is 1. The summed E-state index contributed by atoms with van der Waals surface area (Å²) in [4.78, 5) is 40.8. The Hall–Kier alpha value is -3.13. The largest absolute Gasteiger partial charge is 0.478 e. The first-order chi connectivity index (χ1) is 17.9. The van der Waals surface area contributed by atoms with Crippen molar-refractivity contribution in [3.8, 4) is 0 Å². The summed E-state index contributed by atoms with van der Waals surface area (Å²) in [5, 5.41) is 16.8. The van der Waals surface area contributed by atoms with Gasteiger partial charge in [-0.05, 0) is 43.4 Å². The fraction of sp³-hybridized carbons (Fsp3) is 0.581. The number of carboxylic acids is 1. The highest BCUT2D eigenvalue weighted by molar-refractivity contribution is 5.92. The number of aryl methyl sites for hydroxylation is 1. The Kier molecular flexibility index (Phi) is 10.2. The molecule has 0 bridgehead atoms. The van der Waals surface area contributed by atoms with Crippen LogP contribution in [0.15, 0.2) is 42.1 Å². The molecule has 0 spiro atoms. The minimum absolute atomic E-state index is 0.0189. The van der Waals surface area contributed by atoms with E-state index in [2.05, 4.69) is 33.5 Å². The van der Waals surface area contributed by atoms with E-state index in [4.69, 9.17) is 0 Å². The Morgan fingerprint density at radius 1 is 1.10 bits per heavy atom. The Morgan fingerprint density at radius 2 is 1.69 bits per heavy atom. The number of aromatic nitrogens is 1. The van der Waals surface area contributed by atoms with Crippen molar-refractivity contribution in [2.45, 2.75) is 85.4 Å². The molecule has 1 heterocycles. The van der Waals surface area contributed by atoms with E-state index in [9.17, 15) is 19.5 Å². The summed E-state index contributed by atoms with van der Waals surface area (Å²) in [5.74, 6) is -1.54. The predicted molar refractivity (Wildman–Crippen MR) is 158 cm³/mol. The molecule has 39 heavy (non-hydrogen) atoms. The number of hydrogen-bond acceptors (Lipinski definition) is 4. The second kappa shape index (κ2) is 12.4. The molecule has 0 saturated carbocycles. The molecule has 0 fully saturated rings. The molecule has 2 rings (SSSR count). The van der Waals surface area contributed by atoms with E-state index in [1.807, 2.05) is 67.6 Å². The van der Waals surface area contributed by atoms with Gasteiger partial charge in [0, 0.05) is 42.2 Å². The molecule has 3 N–H and O–H groups in total. The molecular formula is C31H48N4O4. The lowest BCUT2D eigenvalue weighted by Crippen LogP contribution is -2.59. The third-order valence-corrected chi connectivity index (χ3v) is 7.53. The smallest absolute Gasteiger partial charge is 0.331 e.